The van der Waals surface area contributed by atoms with E-state index in [-0.39, 0.29) is 23.8 Å². The van der Waals surface area contributed by atoms with Gasteiger partial charge >= 0.3 is 0 Å². The molecule has 1 amide bonds. The second-order valence-corrected chi connectivity index (χ2v) is 3.70. The van der Waals surface area contributed by atoms with E-state index in [9.17, 15) is 9.90 Å². The molecule has 0 saturated heterocycles. The third-order valence-electron chi connectivity index (χ3n) is 2.25. The van der Waals surface area contributed by atoms with Crippen LogP contribution in [0, 0.1) is 0 Å². The SMILES string of the molecule is COCCCNC(=O)Cc1ccc(O)c(O)c1. The molecule has 0 saturated carbocycles. The Bertz CT molecular complexity index is 379. The van der Waals surface area contributed by atoms with Crippen LogP contribution < -0.4 is 5.32 Å². The van der Waals surface area contributed by atoms with Gasteiger partial charge in [0, 0.05) is 20.3 Å². The third-order valence-corrected chi connectivity index (χ3v) is 2.25. The second kappa shape index (κ2) is 6.75. The zero-order valence-corrected chi connectivity index (χ0v) is 9.77. The molecule has 5 heteroatoms. The average Bonchev–Trinajstić information content (AvgIpc) is 2.30. The zero-order valence-electron chi connectivity index (χ0n) is 9.77. The van der Waals surface area contributed by atoms with E-state index in [2.05, 4.69) is 5.32 Å². The first-order valence-electron chi connectivity index (χ1n) is 5.40. The van der Waals surface area contributed by atoms with Crippen molar-refractivity contribution < 1.29 is 19.7 Å². The largest absolute Gasteiger partial charge is 0.504 e. The molecule has 0 fully saturated rings. The molecular formula is C12H17NO4. The van der Waals surface area contributed by atoms with Gasteiger partial charge < -0.3 is 20.3 Å². The summed E-state index contributed by atoms with van der Waals surface area (Å²) in [5.41, 5.74) is 0.657. The van der Waals surface area contributed by atoms with Gasteiger partial charge in [0.25, 0.3) is 0 Å². The van der Waals surface area contributed by atoms with Crippen molar-refractivity contribution in [3.05, 3.63) is 23.8 Å². The maximum absolute atomic E-state index is 11.5. The summed E-state index contributed by atoms with van der Waals surface area (Å²) in [5, 5.41) is 21.1. The van der Waals surface area contributed by atoms with Gasteiger partial charge in [-0.25, -0.2) is 0 Å². The number of phenolic OH excluding ortho intramolecular Hbond substituents is 2. The van der Waals surface area contributed by atoms with Gasteiger partial charge in [-0.3, -0.25) is 4.79 Å². The fourth-order valence-electron chi connectivity index (χ4n) is 1.37. The zero-order chi connectivity index (χ0) is 12.7. The number of hydrogen-bond acceptors (Lipinski definition) is 4. The number of nitrogens with one attached hydrogen (secondary N) is 1. The Kier molecular flexibility index (Phi) is 5.29. The maximum Gasteiger partial charge on any atom is 0.224 e. The van der Waals surface area contributed by atoms with Crippen LogP contribution in [0.3, 0.4) is 0 Å². The van der Waals surface area contributed by atoms with Gasteiger partial charge in [-0.05, 0) is 24.1 Å². The number of carbonyl (C=O) groups excluding carboxylic acids is 1. The topological polar surface area (TPSA) is 78.8 Å². The van der Waals surface area contributed by atoms with Crippen LogP contribution in [-0.2, 0) is 16.0 Å². The Morgan fingerprint density at radius 2 is 2.12 bits per heavy atom. The molecule has 5 nitrogen and oxygen atoms in total. The Labute approximate surface area is 100 Å². The third kappa shape index (κ3) is 4.74. The summed E-state index contributed by atoms with van der Waals surface area (Å²) in [4.78, 5) is 11.5. The van der Waals surface area contributed by atoms with Gasteiger partial charge in [0.15, 0.2) is 11.5 Å². The molecular weight excluding hydrogens is 222 g/mol. The minimum Gasteiger partial charge on any atom is -0.504 e. The number of aromatic hydroxyl groups is 2. The molecule has 0 aliphatic rings. The first-order valence-corrected chi connectivity index (χ1v) is 5.40. The van der Waals surface area contributed by atoms with E-state index in [0.717, 1.165) is 6.42 Å². The number of amides is 1. The molecule has 1 rings (SSSR count). The molecule has 0 atom stereocenters. The van der Waals surface area contributed by atoms with Crippen molar-refractivity contribution in [3.8, 4) is 11.5 Å². The summed E-state index contributed by atoms with van der Waals surface area (Å²) in [5.74, 6) is -0.518. The molecule has 0 unspecified atom stereocenters. The normalized spacial score (nSPS) is 10.2. The summed E-state index contributed by atoms with van der Waals surface area (Å²) in [6.07, 6.45) is 0.948. The number of methoxy groups -OCH3 is 1. The Balaban J connectivity index is 2.37. The van der Waals surface area contributed by atoms with E-state index in [4.69, 9.17) is 9.84 Å². The van der Waals surface area contributed by atoms with E-state index in [1.54, 1.807) is 13.2 Å². The van der Waals surface area contributed by atoms with E-state index >= 15 is 0 Å². The lowest BCUT2D eigenvalue weighted by Gasteiger charge is -2.05. The Hall–Kier alpha value is -1.75. The van der Waals surface area contributed by atoms with E-state index < -0.39 is 0 Å². The highest BCUT2D eigenvalue weighted by atomic mass is 16.5. The summed E-state index contributed by atoms with van der Waals surface area (Å²) in [7, 11) is 1.61. The molecule has 0 spiro atoms. The first kappa shape index (κ1) is 13.3. The lowest BCUT2D eigenvalue weighted by atomic mass is 10.1. The van der Waals surface area contributed by atoms with Crippen LogP contribution in [-0.4, -0.2) is 36.4 Å². The Morgan fingerprint density at radius 1 is 1.35 bits per heavy atom. The van der Waals surface area contributed by atoms with Gasteiger partial charge in [-0.1, -0.05) is 6.07 Å². The van der Waals surface area contributed by atoms with Gasteiger partial charge in [-0.2, -0.15) is 0 Å². The van der Waals surface area contributed by atoms with Crippen molar-refractivity contribution in [3.63, 3.8) is 0 Å². The summed E-state index contributed by atoms with van der Waals surface area (Å²) in [6.45, 7) is 1.18. The molecule has 1 aromatic rings. The smallest absolute Gasteiger partial charge is 0.224 e. The van der Waals surface area contributed by atoms with Crippen LogP contribution >= 0.6 is 0 Å². The van der Waals surface area contributed by atoms with Crippen LogP contribution in [0.4, 0.5) is 0 Å². The monoisotopic (exact) mass is 239 g/mol. The van der Waals surface area contributed by atoms with E-state index in [0.29, 0.717) is 18.7 Å². The van der Waals surface area contributed by atoms with Gasteiger partial charge in [0.2, 0.25) is 5.91 Å². The molecule has 0 radical (unpaired) electrons. The van der Waals surface area contributed by atoms with Crippen molar-refractivity contribution in [1.29, 1.82) is 0 Å². The number of benzene rings is 1. The molecule has 1 aromatic carbocycles. The number of ether oxygens (including phenoxy) is 1. The molecule has 3 N–H and O–H groups in total. The van der Waals surface area contributed by atoms with Crippen LogP contribution in [0.2, 0.25) is 0 Å². The van der Waals surface area contributed by atoms with Crippen molar-refractivity contribution in [2.24, 2.45) is 0 Å². The highest BCUT2D eigenvalue weighted by molar-refractivity contribution is 5.78. The average molecular weight is 239 g/mol. The standard InChI is InChI=1S/C12H17NO4/c1-17-6-2-5-13-12(16)8-9-3-4-10(14)11(15)7-9/h3-4,7,14-15H,2,5-6,8H2,1H3,(H,13,16). The molecule has 0 aromatic heterocycles. The predicted octanol–water partition coefficient (Wildman–Crippen LogP) is 0.793. The number of rotatable bonds is 6. The fraction of sp³-hybridized carbons (Fsp3) is 0.417. The molecule has 0 bridgehead atoms. The number of carbonyl (C=O) groups is 1. The van der Waals surface area contributed by atoms with Crippen LogP contribution in [0.5, 0.6) is 11.5 Å². The molecule has 0 heterocycles. The van der Waals surface area contributed by atoms with Crippen LogP contribution in [0.25, 0.3) is 0 Å². The summed E-state index contributed by atoms with van der Waals surface area (Å²) < 4.78 is 4.86. The van der Waals surface area contributed by atoms with Gasteiger partial charge in [0.05, 0.1) is 6.42 Å². The molecule has 0 aliphatic heterocycles. The lowest BCUT2D eigenvalue weighted by Crippen LogP contribution is -2.26. The van der Waals surface area contributed by atoms with E-state index in [1.165, 1.54) is 12.1 Å². The second-order valence-electron chi connectivity index (χ2n) is 3.70. The maximum atomic E-state index is 11.5. The minimum atomic E-state index is -0.213. The van der Waals surface area contributed by atoms with Crippen molar-refractivity contribution in [1.82, 2.24) is 5.32 Å². The van der Waals surface area contributed by atoms with Crippen molar-refractivity contribution in [2.45, 2.75) is 12.8 Å². The fourth-order valence-corrected chi connectivity index (χ4v) is 1.37. The summed E-state index contributed by atoms with van der Waals surface area (Å²) >= 11 is 0. The van der Waals surface area contributed by atoms with Crippen molar-refractivity contribution in [2.75, 3.05) is 20.3 Å². The highest BCUT2D eigenvalue weighted by Gasteiger charge is 2.05. The molecule has 17 heavy (non-hydrogen) atoms. The Morgan fingerprint density at radius 3 is 2.76 bits per heavy atom. The minimum absolute atomic E-state index is 0.119. The number of hydrogen-bond donors (Lipinski definition) is 3. The van der Waals surface area contributed by atoms with E-state index in [1.807, 2.05) is 0 Å². The van der Waals surface area contributed by atoms with Crippen LogP contribution in [0.1, 0.15) is 12.0 Å². The molecule has 0 aliphatic carbocycles. The van der Waals surface area contributed by atoms with Crippen molar-refractivity contribution >= 4 is 5.91 Å². The lowest BCUT2D eigenvalue weighted by molar-refractivity contribution is -0.120. The van der Waals surface area contributed by atoms with Gasteiger partial charge in [-0.15, -0.1) is 0 Å². The highest BCUT2D eigenvalue weighted by Crippen LogP contribution is 2.24. The van der Waals surface area contributed by atoms with Crippen LogP contribution in [0.15, 0.2) is 18.2 Å². The predicted molar refractivity (Wildman–Crippen MR) is 63.0 cm³/mol. The number of phenols is 2. The first-order chi connectivity index (χ1) is 8.13. The molecule has 94 valence electrons. The summed E-state index contributed by atoms with van der Waals surface area (Å²) in [6, 6.07) is 4.34. The quantitative estimate of drug-likeness (QED) is 0.506. The van der Waals surface area contributed by atoms with Gasteiger partial charge in [0.1, 0.15) is 0 Å².